The molecule has 1 aliphatic carbocycles. The minimum atomic E-state index is -0.103. The summed E-state index contributed by atoms with van der Waals surface area (Å²) in [6.07, 6.45) is 11.1. The Balaban J connectivity index is 1.71. The molecule has 1 aromatic heterocycles. The summed E-state index contributed by atoms with van der Waals surface area (Å²) in [4.78, 5) is 26.2. The Morgan fingerprint density at radius 1 is 1.08 bits per heavy atom. The predicted molar refractivity (Wildman–Crippen MR) is 96.1 cm³/mol. The van der Waals surface area contributed by atoms with Crippen LogP contribution in [0.3, 0.4) is 0 Å². The molecule has 1 saturated heterocycles. The van der Waals surface area contributed by atoms with Crippen LogP contribution in [0.4, 0.5) is 0 Å². The molecule has 2 amide bonds. The Morgan fingerprint density at radius 3 is 2.56 bits per heavy atom. The van der Waals surface area contributed by atoms with E-state index in [9.17, 15) is 9.59 Å². The molecule has 1 atom stereocenters. The summed E-state index contributed by atoms with van der Waals surface area (Å²) in [5.74, 6) is 1.59. The first-order chi connectivity index (χ1) is 12.1. The van der Waals surface area contributed by atoms with Crippen molar-refractivity contribution < 1.29 is 14.0 Å². The van der Waals surface area contributed by atoms with Gasteiger partial charge < -0.3 is 14.6 Å². The molecule has 5 nitrogen and oxygen atoms in total. The second kappa shape index (κ2) is 8.54. The quantitative estimate of drug-likeness (QED) is 0.900. The molecule has 1 saturated carbocycles. The monoisotopic (exact) mass is 346 g/mol. The predicted octanol–water partition coefficient (Wildman–Crippen LogP) is 3.88. The van der Waals surface area contributed by atoms with Crippen LogP contribution in [-0.2, 0) is 11.3 Å². The molecule has 138 valence electrons. The number of hydrogen-bond donors (Lipinski definition) is 1. The summed E-state index contributed by atoms with van der Waals surface area (Å²) in [6, 6.07) is 3.90. The number of nitrogens with one attached hydrogen (secondary N) is 1. The third kappa shape index (κ3) is 4.65. The third-order valence-corrected chi connectivity index (χ3v) is 5.64. The normalized spacial score (nSPS) is 22.4. The molecule has 2 heterocycles. The van der Waals surface area contributed by atoms with E-state index in [1.165, 1.54) is 51.9 Å². The van der Waals surface area contributed by atoms with Crippen molar-refractivity contribution in [2.75, 3.05) is 6.54 Å². The lowest BCUT2D eigenvalue weighted by Gasteiger charge is -2.37. The molecule has 0 aromatic carbocycles. The fourth-order valence-electron chi connectivity index (χ4n) is 4.34. The van der Waals surface area contributed by atoms with Crippen LogP contribution in [0, 0.1) is 5.92 Å². The summed E-state index contributed by atoms with van der Waals surface area (Å²) in [5, 5.41) is 2.71. The molecule has 0 unspecified atom stereocenters. The van der Waals surface area contributed by atoms with E-state index in [0.717, 1.165) is 19.4 Å². The van der Waals surface area contributed by atoms with Crippen molar-refractivity contribution in [1.82, 2.24) is 10.2 Å². The molecule has 1 N–H and O–H groups in total. The second-order valence-corrected chi connectivity index (χ2v) is 7.49. The first-order valence-corrected chi connectivity index (χ1v) is 9.79. The number of carbonyl (C=O) groups excluding carboxylic acids is 2. The first kappa shape index (κ1) is 18.0. The van der Waals surface area contributed by atoms with Crippen LogP contribution >= 0.6 is 0 Å². The number of furan rings is 1. The van der Waals surface area contributed by atoms with Gasteiger partial charge >= 0.3 is 0 Å². The second-order valence-electron chi connectivity index (χ2n) is 7.49. The van der Waals surface area contributed by atoms with Gasteiger partial charge in [-0.3, -0.25) is 9.59 Å². The van der Waals surface area contributed by atoms with E-state index in [4.69, 9.17) is 4.42 Å². The number of carbonyl (C=O) groups is 2. The number of hydrogen-bond acceptors (Lipinski definition) is 3. The maximum absolute atomic E-state index is 13.1. The van der Waals surface area contributed by atoms with Gasteiger partial charge in [0.25, 0.3) is 5.91 Å². The molecular weight excluding hydrogens is 316 g/mol. The molecule has 2 aliphatic rings. The highest BCUT2D eigenvalue weighted by Crippen LogP contribution is 2.34. The molecule has 0 bridgehead atoms. The van der Waals surface area contributed by atoms with E-state index in [0.29, 0.717) is 30.0 Å². The molecule has 2 fully saturated rings. The zero-order valence-electron chi connectivity index (χ0n) is 15.3. The molecular formula is C20H30N2O3. The fraction of sp³-hybridized carbons (Fsp3) is 0.700. The van der Waals surface area contributed by atoms with Crippen molar-refractivity contribution >= 4 is 11.8 Å². The average Bonchev–Trinajstić information content (AvgIpc) is 2.96. The summed E-state index contributed by atoms with van der Waals surface area (Å²) < 4.78 is 5.72. The van der Waals surface area contributed by atoms with E-state index in [2.05, 4.69) is 10.2 Å². The molecule has 1 aromatic rings. The van der Waals surface area contributed by atoms with Crippen LogP contribution in [0.15, 0.2) is 16.5 Å². The van der Waals surface area contributed by atoms with Crippen LogP contribution in [0.1, 0.15) is 81.0 Å². The Kier molecular flexibility index (Phi) is 6.16. The molecule has 25 heavy (non-hydrogen) atoms. The number of likely N-dealkylation sites (tertiary alicyclic amines) is 1. The van der Waals surface area contributed by atoms with Crippen LogP contribution in [0.5, 0.6) is 0 Å². The van der Waals surface area contributed by atoms with E-state index in [1.807, 2.05) is 0 Å². The third-order valence-electron chi connectivity index (χ3n) is 5.64. The number of nitrogens with zero attached hydrogens (tertiary/aromatic N) is 1. The molecule has 1 aliphatic heterocycles. The number of rotatable bonds is 4. The van der Waals surface area contributed by atoms with Crippen molar-refractivity contribution in [3.05, 3.63) is 23.7 Å². The lowest BCUT2D eigenvalue weighted by molar-refractivity contribution is -0.119. The zero-order chi connectivity index (χ0) is 17.6. The standard InChI is InChI=1S/C20H30N2O3/c1-15(23)21-14-17-11-12-19(25-17)20(24)22-13-7-3-6-10-18(22)16-8-4-2-5-9-16/h11-12,16,18H,2-10,13-14H2,1H3,(H,21,23)/t18-/m0/s1. The van der Waals surface area contributed by atoms with E-state index < -0.39 is 0 Å². The first-order valence-electron chi connectivity index (χ1n) is 9.79. The van der Waals surface area contributed by atoms with Crippen LogP contribution in [0.25, 0.3) is 0 Å². The summed E-state index contributed by atoms with van der Waals surface area (Å²) in [6.45, 7) is 2.64. The van der Waals surface area contributed by atoms with E-state index in [-0.39, 0.29) is 11.8 Å². The molecule has 0 spiro atoms. The lowest BCUT2D eigenvalue weighted by atomic mass is 9.81. The molecule has 5 heteroatoms. The minimum absolute atomic E-state index is 0.0200. The van der Waals surface area contributed by atoms with Gasteiger partial charge in [-0.2, -0.15) is 0 Å². The fourth-order valence-corrected chi connectivity index (χ4v) is 4.34. The smallest absolute Gasteiger partial charge is 0.289 e. The van der Waals surface area contributed by atoms with Gasteiger partial charge in [-0.25, -0.2) is 0 Å². The van der Waals surface area contributed by atoms with Crippen LogP contribution in [-0.4, -0.2) is 29.3 Å². The van der Waals surface area contributed by atoms with Crippen molar-refractivity contribution in [2.24, 2.45) is 5.92 Å². The van der Waals surface area contributed by atoms with Crippen molar-refractivity contribution in [1.29, 1.82) is 0 Å². The van der Waals surface area contributed by atoms with Crippen molar-refractivity contribution in [3.8, 4) is 0 Å². The highest BCUT2D eigenvalue weighted by molar-refractivity contribution is 5.91. The maximum atomic E-state index is 13.1. The van der Waals surface area contributed by atoms with Crippen molar-refractivity contribution in [2.45, 2.75) is 77.3 Å². The highest BCUT2D eigenvalue weighted by Gasteiger charge is 2.34. The Hall–Kier alpha value is -1.78. The SMILES string of the molecule is CC(=O)NCc1ccc(C(=O)N2CCCCC[C@H]2C2CCCCC2)o1. The van der Waals surface area contributed by atoms with Gasteiger partial charge in [0, 0.05) is 19.5 Å². The summed E-state index contributed by atoms with van der Waals surface area (Å²) in [5.41, 5.74) is 0. The van der Waals surface area contributed by atoms with Gasteiger partial charge in [-0.05, 0) is 43.7 Å². The summed E-state index contributed by atoms with van der Waals surface area (Å²) in [7, 11) is 0. The van der Waals surface area contributed by atoms with E-state index in [1.54, 1.807) is 12.1 Å². The number of amides is 2. The van der Waals surface area contributed by atoms with Crippen LogP contribution < -0.4 is 5.32 Å². The minimum Gasteiger partial charge on any atom is -0.454 e. The van der Waals surface area contributed by atoms with Gasteiger partial charge in [0.15, 0.2) is 5.76 Å². The van der Waals surface area contributed by atoms with Crippen molar-refractivity contribution in [3.63, 3.8) is 0 Å². The van der Waals surface area contributed by atoms with E-state index >= 15 is 0 Å². The average molecular weight is 346 g/mol. The van der Waals surface area contributed by atoms with Gasteiger partial charge in [-0.15, -0.1) is 0 Å². The van der Waals surface area contributed by atoms with Gasteiger partial charge in [0.05, 0.1) is 6.54 Å². The Morgan fingerprint density at radius 2 is 1.80 bits per heavy atom. The topological polar surface area (TPSA) is 62.6 Å². The van der Waals surface area contributed by atoms with Gasteiger partial charge in [0.2, 0.25) is 5.91 Å². The maximum Gasteiger partial charge on any atom is 0.289 e. The van der Waals surface area contributed by atoms with Gasteiger partial charge in [-0.1, -0.05) is 32.1 Å². The Labute approximate surface area is 150 Å². The largest absolute Gasteiger partial charge is 0.454 e. The summed E-state index contributed by atoms with van der Waals surface area (Å²) >= 11 is 0. The zero-order valence-corrected chi connectivity index (χ0v) is 15.3. The van der Waals surface area contributed by atoms with Gasteiger partial charge in [0.1, 0.15) is 5.76 Å². The lowest BCUT2D eigenvalue weighted by Crippen LogP contribution is -2.44. The molecule has 0 radical (unpaired) electrons. The molecule has 3 rings (SSSR count). The van der Waals surface area contributed by atoms with Crippen LogP contribution in [0.2, 0.25) is 0 Å². The highest BCUT2D eigenvalue weighted by atomic mass is 16.4. The Bertz CT molecular complexity index is 590.